The second kappa shape index (κ2) is 7.80. The van der Waals surface area contributed by atoms with Crippen molar-refractivity contribution in [3.8, 4) is 10.7 Å². The Morgan fingerprint density at radius 2 is 2.19 bits per heavy atom. The van der Waals surface area contributed by atoms with Crippen molar-refractivity contribution in [2.75, 3.05) is 0 Å². The van der Waals surface area contributed by atoms with Crippen LogP contribution in [0.1, 0.15) is 50.8 Å². The number of fused-ring (bicyclic) bond motifs is 1. The normalized spacial score (nSPS) is 24.7. The molecule has 27 heavy (non-hydrogen) atoms. The maximum Gasteiger partial charge on any atom is 0.326 e. The number of hydrogen-bond acceptors (Lipinski definition) is 6. The lowest BCUT2D eigenvalue weighted by Gasteiger charge is -2.33. The molecule has 0 spiro atoms. The van der Waals surface area contributed by atoms with E-state index in [1.165, 1.54) is 0 Å². The number of aryl methyl sites for hydroxylation is 1. The topological polar surface area (TPSA) is 96.5 Å². The van der Waals surface area contributed by atoms with E-state index >= 15 is 0 Å². The fourth-order valence-corrected chi connectivity index (χ4v) is 5.07. The SMILES string of the molecule is O=C(O)C1CC2CCCCC2N1C(=O)CCCc1nc(-c2cccs2)no1. The van der Waals surface area contributed by atoms with Gasteiger partial charge in [0.25, 0.3) is 0 Å². The van der Waals surface area contributed by atoms with E-state index in [0.29, 0.717) is 43.3 Å². The Kier molecular flexibility index (Phi) is 5.24. The fourth-order valence-electron chi connectivity index (χ4n) is 4.42. The van der Waals surface area contributed by atoms with Gasteiger partial charge in [-0.15, -0.1) is 11.3 Å². The third-order valence-electron chi connectivity index (χ3n) is 5.65. The summed E-state index contributed by atoms with van der Waals surface area (Å²) in [6.07, 6.45) is 6.17. The van der Waals surface area contributed by atoms with Crippen LogP contribution < -0.4 is 0 Å². The summed E-state index contributed by atoms with van der Waals surface area (Å²) in [7, 11) is 0. The Labute approximate surface area is 161 Å². The van der Waals surface area contributed by atoms with Gasteiger partial charge in [-0.2, -0.15) is 4.98 Å². The number of carbonyl (C=O) groups excluding carboxylic acids is 1. The van der Waals surface area contributed by atoms with Crippen molar-refractivity contribution in [1.82, 2.24) is 15.0 Å². The van der Waals surface area contributed by atoms with Crippen LogP contribution in [0.4, 0.5) is 0 Å². The quantitative estimate of drug-likeness (QED) is 0.814. The second-order valence-electron chi connectivity index (χ2n) is 7.35. The number of carbonyl (C=O) groups is 2. The van der Waals surface area contributed by atoms with Crippen molar-refractivity contribution in [3.63, 3.8) is 0 Å². The first-order valence-corrected chi connectivity index (χ1v) is 10.4. The van der Waals surface area contributed by atoms with Gasteiger partial charge in [0.05, 0.1) is 4.88 Å². The van der Waals surface area contributed by atoms with Crippen LogP contribution in [0, 0.1) is 5.92 Å². The average Bonchev–Trinajstić information content (AvgIpc) is 3.39. The third-order valence-corrected chi connectivity index (χ3v) is 6.52. The maximum atomic E-state index is 12.8. The van der Waals surface area contributed by atoms with Crippen LogP contribution in [0.5, 0.6) is 0 Å². The monoisotopic (exact) mass is 389 g/mol. The molecule has 2 fully saturated rings. The van der Waals surface area contributed by atoms with Gasteiger partial charge >= 0.3 is 5.97 Å². The van der Waals surface area contributed by atoms with Crippen molar-refractivity contribution in [1.29, 1.82) is 0 Å². The van der Waals surface area contributed by atoms with E-state index in [-0.39, 0.29) is 11.9 Å². The summed E-state index contributed by atoms with van der Waals surface area (Å²) in [6.45, 7) is 0. The van der Waals surface area contributed by atoms with E-state index < -0.39 is 12.0 Å². The summed E-state index contributed by atoms with van der Waals surface area (Å²) in [4.78, 5) is 31.4. The first-order valence-electron chi connectivity index (χ1n) is 9.54. The summed E-state index contributed by atoms with van der Waals surface area (Å²) >= 11 is 1.55. The number of aliphatic carboxylic acids is 1. The molecule has 1 amide bonds. The predicted octanol–water partition coefficient (Wildman–Crippen LogP) is 3.37. The molecule has 1 N–H and O–H groups in total. The molecule has 1 saturated carbocycles. The van der Waals surface area contributed by atoms with Crippen molar-refractivity contribution >= 4 is 23.2 Å². The molecule has 8 heteroatoms. The molecular formula is C19H23N3O4S. The molecule has 1 aliphatic heterocycles. The Balaban J connectivity index is 1.35. The number of nitrogens with zero attached hydrogens (tertiary/aromatic N) is 3. The van der Waals surface area contributed by atoms with Crippen LogP contribution in [0.15, 0.2) is 22.0 Å². The first-order chi connectivity index (χ1) is 13.1. The number of aromatic nitrogens is 2. The van der Waals surface area contributed by atoms with Crippen LogP contribution in [-0.4, -0.2) is 44.1 Å². The molecule has 3 atom stereocenters. The molecule has 0 bridgehead atoms. The molecule has 1 saturated heterocycles. The Morgan fingerprint density at radius 1 is 1.33 bits per heavy atom. The minimum atomic E-state index is -0.879. The van der Waals surface area contributed by atoms with Crippen molar-refractivity contribution < 1.29 is 19.2 Å². The smallest absolute Gasteiger partial charge is 0.326 e. The van der Waals surface area contributed by atoms with Gasteiger partial charge in [-0.05, 0) is 43.0 Å². The number of rotatable bonds is 6. The Hall–Kier alpha value is -2.22. The lowest BCUT2D eigenvalue weighted by molar-refractivity contribution is -0.149. The maximum absolute atomic E-state index is 12.8. The lowest BCUT2D eigenvalue weighted by atomic mass is 9.84. The van der Waals surface area contributed by atoms with Crippen LogP contribution in [0.3, 0.4) is 0 Å². The number of amides is 1. The van der Waals surface area contributed by atoms with Gasteiger partial charge in [-0.3, -0.25) is 4.79 Å². The van der Waals surface area contributed by atoms with E-state index in [0.717, 1.165) is 30.6 Å². The second-order valence-corrected chi connectivity index (χ2v) is 8.29. The number of carboxylic acids is 1. The number of thiophene rings is 1. The molecule has 2 aromatic heterocycles. The van der Waals surface area contributed by atoms with Crippen molar-refractivity contribution in [2.24, 2.45) is 5.92 Å². The Morgan fingerprint density at radius 3 is 2.96 bits per heavy atom. The molecule has 7 nitrogen and oxygen atoms in total. The standard InChI is InChI=1S/C19H23N3O4S/c23-17(22-13-6-2-1-5-12(13)11-14(22)19(24)25)9-3-8-16-20-18(21-26-16)15-7-4-10-27-15/h4,7,10,12-14H,1-3,5-6,8-9,11H2,(H,24,25). The summed E-state index contributed by atoms with van der Waals surface area (Å²) < 4.78 is 5.27. The zero-order valence-corrected chi connectivity index (χ0v) is 15.9. The highest BCUT2D eigenvalue weighted by Crippen LogP contribution is 2.40. The van der Waals surface area contributed by atoms with Gasteiger partial charge in [0.15, 0.2) is 0 Å². The van der Waals surface area contributed by atoms with Gasteiger partial charge in [0.2, 0.25) is 17.6 Å². The van der Waals surface area contributed by atoms with Crippen LogP contribution in [0.2, 0.25) is 0 Å². The molecule has 3 unspecified atom stereocenters. The van der Waals surface area contributed by atoms with Gasteiger partial charge < -0.3 is 14.5 Å². The van der Waals surface area contributed by atoms with Gasteiger partial charge in [-0.1, -0.05) is 24.1 Å². The summed E-state index contributed by atoms with van der Waals surface area (Å²) in [5.74, 6) is 0.484. The first kappa shape index (κ1) is 18.2. The van der Waals surface area contributed by atoms with Crippen LogP contribution >= 0.6 is 11.3 Å². The average molecular weight is 389 g/mol. The summed E-state index contributed by atoms with van der Waals surface area (Å²) in [5.41, 5.74) is 0. The molecule has 3 heterocycles. The highest BCUT2D eigenvalue weighted by molar-refractivity contribution is 7.13. The molecule has 0 radical (unpaired) electrons. The van der Waals surface area contributed by atoms with E-state index in [1.807, 2.05) is 17.5 Å². The molecular weight excluding hydrogens is 366 g/mol. The number of carboxylic acid groups (broad SMARTS) is 1. The van der Waals surface area contributed by atoms with Crippen molar-refractivity contribution in [3.05, 3.63) is 23.4 Å². The van der Waals surface area contributed by atoms with E-state index in [4.69, 9.17) is 4.52 Å². The van der Waals surface area contributed by atoms with Crippen molar-refractivity contribution in [2.45, 2.75) is 63.5 Å². The zero-order valence-electron chi connectivity index (χ0n) is 15.0. The summed E-state index contributed by atoms with van der Waals surface area (Å²) in [6, 6.07) is 3.30. The molecule has 4 rings (SSSR count). The van der Waals surface area contributed by atoms with Crippen LogP contribution in [-0.2, 0) is 16.0 Å². The molecule has 1 aliphatic carbocycles. The van der Waals surface area contributed by atoms with E-state index in [9.17, 15) is 14.7 Å². The van der Waals surface area contributed by atoms with E-state index in [2.05, 4.69) is 10.1 Å². The molecule has 2 aliphatic rings. The predicted molar refractivity (Wildman–Crippen MR) is 99.2 cm³/mol. The Bertz CT molecular complexity index is 804. The molecule has 0 aromatic carbocycles. The lowest BCUT2D eigenvalue weighted by Crippen LogP contribution is -2.46. The number of hydrogen-bond donors (Lipinski definition) is 1. The highest BCUT2D eigenvalue weighted by atomic mass is 32.1. The zero-order chi connectivity index (χ0) is 18.8. The fraction of sp³-hybridized carbons (Fsp3) is 0.579. The largest absolute Gasteiger partial charge is 0.480 e. The third kappa shape index (κ3) is 3.76. The van der Waals surface area contributed by atoms with Gasteiger partial charge in [-0.25, -0.2) is 4.79 Å². The van der Waals surface area contributed by atoms with Gasteiger partial charge in [0, 0.05) is 18.9 Å². The molecule has 144 valence electrons. The minimum Gasteiger partial charge on any atom is -0.480 e. The highest BCUT2D eigenvalue weighted by Gasteiger charge is 2.47. The van der Waals surface area contributed by atoms with Crippen LogP contribution in [0.25, 0.3) is 10.7 Å². The number of likely N-dealkylation sites (tertiary alicyclic amines) is 1. The molecule has 2 aromatic rings. The minimum absolute atomic E-state index is 0.0604. The summed E-state index contributed by atoms with van der Waals surface area (Å²) in [5, 5.41) is 15.5. The van der Waals surface area contributed by atoms with E-state index in [1.54, 1.807) is 16.2 Å². The van der Waals surface area contributed by atoms with Gasteiger partial charge in [0.1, 0.15) is 6.04 Å².